The molecule has 0 aliphatic heterocycles. The normalized spacial score (nSPS) is 12.5. The topological polar surface area (TPSA) is 99.8 Å². The van der Waals surface area contributed by atoms with Gasteiger partial charge in [-0.2, -0.15) is 0 Å². The predicted molar refractivity (Wildman–Crippen MR) is 97.6 cm³/mol. The van der Waals surface area contributed by atoms with E-state index >= 15 is 0 Å². The van der Waals surface area contributed by atoms with Gasteiger partial charge in [-0.25, -0.2) is 0 Å². The van der Waals surface area contributed by atoms with Crippen LogP contribution in [0.15, 0.2) is 59.6 Å². The van der Waals surface area contributed by atoms with E-state index in [9.17, 15) is 15.2 Å². The molecule has 0 radical (unpaired) electrons. The van der Waals surface area contributed by atoms with Gasteiger partial charge in [-0.05, 0) is 11.1 Å². The zero-order chi connectivity index (χ0) is 18.1. The summed E-state index contributed by atoms with van der Waals surface area (Å²) in [5.41, 5.74) is 2.04. The van der Waals surface area contributed by atoms with Crippen molar-refractivity contribution in [3.05, 3.63) is 75.8 Å². The minimum absolute atomic E-state index is 0.0286. The third kappa shape index (κ3) is 5.58. The molecule has 0 spiro atoms. The zero-order valence-electron chi connectivity index (χ0n) is 14.1. The number of hydrogen-bond donors (Lipinski definition) is 3. The third-order valence-corrected chi connectivity index (χ3v) is 3.84. The highest BCUT2D eigenvalue weighted by molar-refractivity contribution is 5.79. The molecule has 2 rings (SSSR count). The number of hydrogen-bond acceptors (Lipinski definition) is 4. The predicted octanol–water partition coefficient (Wildman–Crippen LogP) is 2.04. The Morgan fingerprint density at radius 1 is 1.16 bits per heavy atom. The highest BCUT2D eigenvalue weighted by Crippen LogP contribution is 2.14. The quantitative estimate of drug-likeness (QED) is 0.309. The molecule has 0 aliphatic carbocycles. The average Bonchev–Trinajstić information content (AvgIpc) is 2.65. The van der Waals surface area contributed by atoms with Crippen LogP contribution in [0.2, 0.25) is 0 Å². The molecule has 0 heterocycles. The number of nitro benzene ring substituents is 1. The van der Waals surface area contributed by atoms with Gasteiger partial charge in [-0.15, -0.1) is 0 Å². The molecule has 3 N–H and O–H groups in total. The molecular weight excluding hydrogens is 320 g/mol. The Hall–Kier alpha value is -2.93. The van der Waals surface area contributed by atoms with Crippen LogP contribution in [-0.2, 0) is 6.54 Å². The van der Waals surface area contributed by atoms with Crippen LogP contribution < -0.4 is 10.6 Å². The number of benzene rings is 2. The summed E-state index contributed by atoms with van der Waals surface area (Å²) in [6.45, 7) is 1.07. The molecule has 1 unspecified atom stereocenters. The van der Waals surface area contributed by atoms with Gasteiger partial charge in [0.05, 0.1) is 11.5 Å². The standard InChI is InChI=1S/C18H22N4O3/c1-19-18(20-11-14-7-9-17(10-8-14)22(24)25)21-12-16(13-23)15-5-3-2-4-6-15/h2-10,16,23H,11-13H2,1H3,(H2,19,20,21). The highest BCUT2D eigenvalue weighted by atomic mass is 16.6. The van der Waals surface area contributed by atoms with Crippen LogP contribution in [0.1, 0.15) is 17.0 Å². The summed E-state index contributed by atoms with van der Waals surface area (Å²) in [4.78, 5) is 14.4. The lowest BCUT2D eigenvalue weighted by atomic mass is 10.0. The number of aliphatic hydroxyl groups is 1. The van der Waals surface area contributed by atoms with E-state index in [2.05, 4.69) is 15.6 Å². The molecule has 0 aromatic heterocycles. The molecule has 0 saturated heterocycles. The first-order valence-corrected chi connectivity index (χ1v) is 7.97. The van der Waals surface area contributed by atoms with Crippen LogP contribution in [0.3, 0.4) is 0 Å². The van der Waals surface area contributed by atoms with Gasteiger partial charge in [0.2, 0.25) is 0 Å². The maximum absolute atomic E-state index is 10.7. The van der Waals surface area contributed by atoms with Crippen molar-refractivity contribution < 1.29 is 10.0 Å². The molecule has 132 valence electrons. The van der Waals surface area contributed by atoms with Crippen LogP contribution in [0.25, 0.3) is 0 Å². The van der Waals surface area contributed by atoms with Gasteiger partial charge in [0.1, 0.15) is 0 Å². The molecule has 7 heteroatoms. The Labute approximate surface area is 146 Å². The first-order chi connectivity index (χ1) is 12.1. The van der Waals surface area contributed by atoms with E-state index in [0.717, 1.165) is 11.1 Å². The van der Waals surface area contributed by atoms with Gasteiger partial charge in [-0.1, -0.05) is 42.5 Å². The fourth-order valence-corrected chi connectivity index (χ4v) is 2.37. The van der Waals surface area contributed by atoms with Crippen LogP contribution in [-0.4, -0.2) is 36.2 Å². The van der Waals surface area contributed by atoms with Crippen molar-refractivity contribution in [2.75, 3.05) is 20.2 Å². The second-order valence-electron chi connectivity index (χ2n) is 5.52. The summed E-state index contributed by atoms with van der Waals surface area (Å²) in [7, 11) is 1.67. The number of nitrogens with zero attached hydrogens (tertiary/aromatic N) is 2. The summed E-state index contributed by atoms with van der Waals surface area (Å²) in [5, 5.41) is 26.6. The van der Waals surface area contributed by atoms with Crippen LogP contribution >= 0.6 is 0 Å². The fourth-order valence-electron chi connectivity index (χ4n) is 2.37. The smallest absolute Gasteiger partial charge is 0.269 e. The second kappa shape index (κ2) is 9.39. The van der Waals surface area contributed by atoms with E-state index in [1.54, 1.807) is 19.2 Å². The van der Waals surface area contributed by atoms with Crippen LogP contribution in [0.5, 0.6) is 0 Å². The number of nitro groups is 1. The van der Waals surface area contributed by atoms with E-state index in [0.29, 0.717) is 19.0 Å². The number of aliphatic hydroxyl groups excluding tert-OH is 1. The van der Waals surface area contributed by atoms with Gasteiger partial charge >= 0.3 is 0 Å². The second-order valence-corrected chi connectivity index (χ2v) is 5.52. The monoisotopic (exact) mass is 342 g/mol. The molecule has 2 aromatic rings. The molecule has 0 aliphatic rings. The summed E-state index contributed by atoms with van der Waals surface area (Å²) in [5.74, 6) is 0.576. The van der Waals surface area contributed by atoms with Gasteiger partial charge in [-0.3, -0.25) is 15.1 Å². The number of non-ortho nitro benzene ring substituents is 1. The van der Waals surface area contributed by atoms with Crippen LogP contribution in [0, 0.1) is 10.1 Å². The lowest BCUT2D eigenvalue weighted by Crippen LogP contribution is -2.39. The number of guanidine groups is 1. The molecule has 1 atom stereocenters. The Bertz CT molecular complexity index is 702. The summed E-state index contributed by atoms with van der Waals surface area (Å²) >= 11 is 0. The molecular formula is C18H22N4O3. The van der Waals surface area contributed by atoms with Crippen molar-refractivity contribution in [3.63, 3.8) is 0 Å². The largest absolute Gasteiger partial charge is 0.396 e. The Kier molecular flexibility index (Phi) is 6.91. The number of rotatable bonds is 7. The van der Waals surface area contributed by atoms with Gasteiger partial charge in [0.15, 0.2) is 5.96 Å². The van der Waals surface area contributed by atoms with Crippen molar-refractivity contribution in [1.82, 2.24) is 10.6 Å². The molecule has 0 saturated carbocycles. The van der Waals surface area contributed by atoms with E-state index in [1.165, 1.54) is 12.1 Å². The molecule has 0 amide bonds. The van der Waals surface area contributed by atoms with Crippen molar-refractivity contribution in [1.29, 1.82) is 0 Å². The minimum atomic E-state index is -0.420. The van der Waals surface area contributed by atoms with Gasteiger partial charge in [0, 0.05) is 38.2 Å². The average molecular weight is 342 g/mol. The summed E-state index contributed by atoms with van der Waals surface area (Å²) in [6.07, 6.45) is 0. The zero-order valence-corrected chi connectivity index (χ0v) is 14.1. The minimum Gasteiger partial charge on any atom is -0.396 e. The van der Waals surface area contributed by atoms with Crippen molar-refractivity contribution in [3.8, 4) is 0 Å². The van der Waals surface area contributed by atoms with Crippen molar-refractivity contribution >= 4 is 11.6 Å². The van der Waals surface area contributed by atoms with E-state index in [1.807, 2.05) is 30.3 Å². The van der Waals surface area contributed by atoms with Crippen LogP contribution in [0.4, 0.5) is 5.69 Å². The van der Waals surface area contributed by atoms with Crippen molar-refractivity contribution in [2.24, 2.45) is 4.99 Å². The Morgan fingerprint density at radius 3 is 2.40 bits per heavy atom. The molecule has 2 aromatic carbocycles. The molecule has 25 heavy (non-hydrogen) atoms. The molecule has 7 nitrogen and oxygen atoms in total. The lowest BCUT2D eigenvalue weighted by Gasteiger charge is -2.18. The lowest BCUT2D eigenvalue weighted by molar-refractivity contribution is -0.384. The molecule has 0 bridgehead atoms. The highest BCUT2D eigenvalue weighted by Gasteiger charge is 2.11. The summed E-state index contributed by atoms with van der Waals surface area (Å²) in [6, 6.07) is 16.2. The number of nitrogens with one attached hydrogen (secondary N) is 2. The van der Waals surface area contributed by atoms with E-state index in [-0.39, 0.29) is 18.2 Å². The van der Waals surface area contributed by atoms with E-state index < -0.39 is 4.92 Å². The first-order valence-electron chi connectivity index (χ1n) is 7.97. The number of aliphatic imine (C=N–C) groups is 1. The van der Waals surface area contributed by atoms with E-state index in [4.69, 9.17) is 0 Å². The Morgan fingerprint density at radius 2 is 1.84 bits per heavy atom. The van der Waals surface area contributed by atoms with Crippen molar-refractivity contribution in [2.45, 2.75) is 12.5 Å². The van der Waals surface area contributed by atoms with Gasteiger partial charge < -0.3 is 15.7 Å². The summed E-state index contributed by atoms with van der Waals surface area (Å²) < 4.78 is 0. The third-order valence-electron chi connectivity index (χ3n) is 3.84. The maximum atomic E-state index is 10.7. The first kappa shape index (κ1) is 18.4. The SMILES string of the molecule is CN=C(NCc1ccc([N+](=O)[O-])cc1)NCC(CO)c1ccccc1. The molecule has 0 fully saturated rings. The maximum Gasteiger partial charge on any atom is 0.269 e. The fraction of sp³-hybridized carbons (Fsp3) is 0.278. The Balaban J connectivity index is 1.87. The van der Waals surface area contributed by atoms with Gasteiger partial charge in [0.25, 0.3) is 5.69 Å².